The predicted octanol–water partition coefficient (Wildman–Crippen LogP) is 1.95. The molecule has 1 atom stereocenters. The summed E-state index contributed by atoms with van der Waals surface area (Å²) < 4.78 is 0. The fourth-order valence-electron chi connectivity index (χ4n) is 3.31. The Hall–Kier alpha value is -0.640. The van der Waals surface area contributed by atoms with Crippen LogP contribution in [0.25, 0.3) is 0 Å². The van der Waals surface area contributed by atoms with Crippen molar-refractivity contribution in [2.75, 3.05) is 6.54 Å². The minimum Gasteiger partial charge on any atom is -0.392 e. The molecule has 0 aromatic heterocycles. The number of likely N-dealkylation sites (tertiary alicyclic amines) is 1. The summed E-state index contributed by atoms with van der Waals surface area (Å²) in [5.41, 5.74) is 5.90. The zero-order chi connectivity index (χ0) is 13.0. The highest BCUT2D eigenvalue weighted by Gasteiger charge is 2.69. The van der Waals surface area contributed by atoms with Gasteiger partial charge >= 0.3 is 0 Å². The molecule has 0 spiro atoms. The number of hydrogen-bond acceptors (Lipinski definition) is 2. The molecule has 1 unspecified atom stereocenters. The van der Waals surface area contributed by atoms with Crippen LogP contribution in [0.15, 0.2) is 0 Å². The molecule has 1 saturated carbocycles. The fourth-order valence-corrected chi connectivity index (χ4v) is 3.55. The Morgan fingerprint density at radius 3 is 2.24 bits per heavy atom. The highest BCUT2D eigenvalue weighted by Crippen LogP contribution is 2.69. The molecular formula is C13H22N2OS. The molecular weight excluding hydrogens is 232 g/mol. The second kappa shape index (κ2) is 3.67. The van der Waals surface area contributed by atoms with Crippen molar-refractivity contribution in [3.8, 4) is 0 Å². The normalized spacial score (nSPS) is 30.4. The van der Waals surface area contributed by atoms with Gasteiger partial charge in [-0.1, -0.05) is 39.9 Å². The third-order valence-electron chi connectivity index (χ3n) is 5.13. The first kappa shape index (κ1) is 12.8. The highest BCUT2D eigenvalue weighted by molar-refractivity contribution is 7.80. The third-order valence-corrected chi connectivity index (χ3v) is 5.40. The van der Waals surface area contributed by atoms with Crippen LogP contribution in [0.4, 0.5) is 0 Å². The van der Waals surface area contributed by atoms with Gasteiger partial charge in [0.05, 0.1) is 11.0 Å². The first-order valence-electron chi connectivity index (χ1n) is 6.31. The van der Waals surface area contributed by atoms with Gasteiger partial charge in [0.15, 0.2) is 0 Å². The molecule has 0 aromatic rings. The van der Waals surface area contributed by atoms with Crippen LogP contribution in [-0.4, -0.2) is 28.4 Å². The van der Waals surface area contributed by atoms with E-state index in [1.165, 1.54) is 0 Å². The fraction of sp³-hybridized carbons (Fsp3) is 0.846. The van der Waals surface area contributed by atoms with E-state index in [0.717, 1.165) is 19.4 Å². The molecule has 2 aliphatic rings. The molecule has 1 aliphatic heterocycles. The predicted molar refractivity (Wildman–Crippen MR) is 72.6 cm³/mol. The Morgan fingerprint density at radius 1 is 1.29 bits per heavy atom. The van der Waals surface area contributed by atoms with E-state index in [0.29, 0.717) is 4.99 Å². The lowest BCUT2D eigenvalue weighted by Gasteiger charge is -2.24. The second-order valence-electron chi connectivity index (χ2n) is 6.47. The molecule has 2 N–H and O–H groups in total. The summed E-state index contributed by atoms with van der Waals surface area (Å²) in [6, 6.07) is -0.00954. The van der Waals surface area contributed by atoms with E-state index >= 15 is 0 Å². The van der Waals surface area contributed by atoms with Crippen LogP contribution < -0.4 is 5.73 Å². The molecule has 1 heterocycles. The second-order valence-corrected chi connectivity index (χ2v) is 6.94. The van der Waals surface area contributed by atoms with Crippen LogP contribution in [0.1, 0.15) is 40.5 Å². The van der Waals surface area contributed by atoms with Gasteiger partial charge in [-0.15, -0.1) is 0 Å². The summed E-state index contributed by atoms with van der Waals surface area (Å²) in [4.78, 5) is 14.9. The molecule has 0 aromatic carbocycles. The lowest BCUT2D eigenvalue weighted by molar-refractivity contribution is -0.133. The summed E-state index contributed by atoms with van der Waals surface area (Å²) in [5.74, 6) is 0.361. The smallest absolute Gasteiger partial charge is 0.227 e. The summed E-state index contributed by atoms with van der Waals surface area (Å²) in [6.45, 7) is 9.48. The SMILES string of the molecule is CC1(C)C(C(=O)N2CCCC2C(N)=S)C1(C)C. The highest BCUT2D eigenvalue weighted by atomic mass is 32.1. The van der Waals surface area contributed by atoms with Crippen molar-refractivity contribution in [2.24, 2.45) is 22.5 Å². The van der Waals surface area contributed by atoms with Gasteiger partial charge in [0.1, 0.15) is 0 Å². The van der Waals surface area contributed by atoms with Crippen LogP contribution in [0.5, 0.6) is 0 Å². The molecule has 1 saturated heterocycles. The van der Waals surface area contributed by atoms with Crippen molar-refractivity contribution in [1.29, 1.82) is 0 Å². The van der Waals surface area contributed by atoms with E-state index in [-0.39, 0.29) is 28.7 Å². The van der Waals surface area contributed by atoms with E-state index in [9.17, 15) is 4.79 Å². The molecule has 1 aliphatic carbocycles. The van der Waals surface area contributed by atoms with E-state index in [4.69, 9.17) is 18.0 Å². The van der Waals surface area contributed by atoms with Crippen molar-refractivity contribution in [3.05, 3.63) is 0 Å². The third kappa shape index (κ3) is 1.68. The van der Waals surface area contributed by atoms with Crippen LogP contribution in [-0.2, 0) is 4.79 Å². The van der Waals surface area contributed by atoms with Gasteiger partial charge in [-0.25, -0.2) is 0 Å². The Morgan fingerprint density at radius 2 is 1.82 bits per heavy atom. The zero-order valence-corrected chi connectivity index (χ0v) is 11.9. The van der Waals surface area contributed by atoms with Crippen molar-refractivity contribution >= 4 is 23.1 Å². The van der Waals surface area contributed by atoms with Gasteiger partial charge in [0.2, 0.25) is 5.91 Å². The van der Waals surface area contributed by atoms with E-state index in [1.54, 1.807) is 0 Å². The van der Waals surface area contributed by atoms with Crippen LogP contribution >= 0.6 is 12.2 Å². The van der Waals surface area contributed by atoms with Crippen LogP contribution in [0.3, 0.4) is 0 Å². The first-order valence-corrected chi connectivity index (χ1v) is 6.72. The number of hydrogen-bond donors (Lipinski definition) is 1. The van der Waals surface area contributed by atoms with Crippen molar-refractivity contribution < 1.29 is 4.79 Å². The van der Waals surface area contributed by atoms with Gasteiger partial charge in [0.25, 0.3) is 0 Å². The lowest BCUT2D eigenvalue weighted by atomic mass is 10.0. The molecule has 2 rings (SSSR count). The monoisotopic (exact) mass is 254 g/mol. The number of thiocarbonyl (C=S) groups is 1. The molecule has 2 fully saturated rings. The first-order chi connectivity index (χ1) is 7.71. The van der Waals surface area contributed by atoms with Gasteiger partial charge in [-0.2, -0.15) is 0 Å². The van der Waals surface area contributed by atoms with Crippen LogP contribution in [0.2, 0.25) is 0 Å². The lowest BCUT2D eigenvalue weighted by Crippen LogP contribution is -2.44. The maximum absolute atomic E-state index is 12.6. The molecule has 0 bridgehead atoms. The minimum absolute atomic E-state index is 0.00954. The van der Waals surface area contributed by atoms with Gasteiger partial charge < -0.3 is 10.6 Å². The number of rotatable bonds is 2. The molecule has 4 heteroatoms. The number of carbonyl (C=O) groups excluding carboxylic acids is 1. The molecule has 17 heavy (non-hydrogen) atoms. The van der Waals surface area contributed by atoms with E-state index in [2.05, 4.69) is 27.7 Å². The largest absolute Gasteiger partial charge is 0.392 e. The number of nitrogens with zero attached hydrogens (tertiary/aromatic N) is 1. The number of nitrogens with two attached hydrogens (primary N) is 1. The van der Waals surface area contributed by atoms with Crippen LogP contribution in [0, 0.1) is 16.7 Å². The Balaban J connectivity index is 2.15. The molecule has 0 radical (unpaired) electrons. The average molecular weight is 254 g/mol. The molecule has 1 amide bonds. The molecule has 96 valence electrons. The summed E-state index contributed by atoms with van der Waals surface area (Å²) in [6.07, 6.45) is 1.94. The van der Waals surface area contributed by atoms with Crippen molar-refractivity contribution in [1.82, 2.24) is 4.90 Å². The molecule has 3 nitrogen and oxygen atoms in total. The average Bonchev–Trinajstić information content (AvgIpc) is 2.55. The summed E-state index contributed by atoms with van der Waals surface area (Å²) >= 11 is 5.06. The number of amides is 1. The van der Waals surface area contributed by atoms with Crippen molar-refractivity contribution in [2.45, 2.75) is 46.6 Å². The Kier molecular flexibility index (Phi) is 2.77. The number of carbonyl (C=O) groups is 1. The van der Waals surface area contributed by atoms with Crippen molar-refractivity contribution in [3.63, 3.8) is 0 Å². The summed E-state index contributed by atoms with van der Waals surface area (Å²) in [5, 5.41) is 0. The van der Waals surface area contributed by atoms with E-state index < -0.39 is 0 Å². The summed E-state index contributed by atoms with van der Waals surface area (Å²) in [7, 11) is 0. The Bertz CT molecular complexity index is 362. The van der Waals surface area contributed by atoms with Gasteiger partial charge in [0, 0.05) is 12.5 Å². The Labute approximate surface area is 109 Å². The maximum atomic E-state index is 12.6. The standard InChI is InChI=1S/C13H22N2OS/c1-12(2)9(13(12,3)4)11(16)15-7-5-6-8(15)10(14)17/h8-9H,5-7H2,1-4H3,(H2,14,17). The quantitative estimate of drug-likeness (QED) is 0.766. The topological polar surface area (TPSA) is 46.3 Å². The minimum atomic E-state index is -0.00954. The van der Waals surface area contributed by atoms with E-state index in [1.807, 2.05) is 4.90 Å². The zero-order valence-electron chi connectivity index (χ0n) is 11.1. The maximum Gasteiger partial charge on any atom is 0.227 e. The van der Waals surface area contributed by atoms with Gasteiger partial charge in [-0.3, -0.25) is 4.79 Å². The van der Waals surface area contributed by atoms with Gasteiger partial charge in [-0.05, 0) is 23.7 Å².